The molecule has 0 spiro atoms. The first kappa shape index (κ1) is 15.5. The molecule has 110 valence electrons. The van der Waals surface area contributed by atoms with E-state index in [1.165, 1.54) is 5.56 Å². The van der Waals surface area contributed by atoms with E-state index in [0.717, 1.165) is 23.4 Å². The highest BCUT2D eigenvalue weighted by Gasteiger charge is 2.13. The first-order valence-electron chi connectivity index (χ1n) is 6.72. The van der Waals surface area contributed by atoms with Crippen LogP contribution in [0.15, 0.2) is 42.5 Å². The quantitative estimate of drug-likeness (QED) is 0.442. The van der Waals surface area contributed by atoms with Crippen molar-refractivity contribution in [1.29, 1.82) is 0 Å². The summed E-state index contributed by atoms with van der Waals surface area (Å²) in [5.41, 5.74) is 4.32. The first-order chi connectivity index (χ1) is 10.1. The molecule has 0 aliphatic heterocycles. The van der Waals surface area contributed by atoms with Gasteiger partial charge in [0, 0.05) is 35.9 Å². The monoisotopic (exact) mass is 348 g/mol. The lowest BCUT2D eigenvalue weighted by Crippen LogP contribution is -2.11. The Labute approximate surface area is 132 Å². The van der Waals surface area contributed by atoms with Crippen molar-refractivity contribution in [3.63, 3.8) is 0 Å². The fourth-order valence-electron chi connectivity index (χ4n) is 2.21. The number of non-ortho nitro benzene ring substituents is 1. The number of aryl methyl sites for hydroxylation is 1. The highest BCUT2D eigenvalue weighted by Crippen LogP contribution is 2.31. The Morgan fingerprint density at radius 1 is 1.19 bits per heavy atom. The summed E-state index contributed by atoms with van der Waals surface area (Å²) in [6, 6.07) is 13.3. The number of rotatable bonds is 5. The maximum atomic E-state index is 10.9. The second-order valence-corrected chi connectivity index (χ2v) is 5.34. The molecule has 0 N–H and O–H groups in total. The molecule has 0 heterocycles. The maximum absolute atomic E-state index is 10.9. The lowest BCUT2D eigenvalue weighted by molar-refractivity contribution is -0.384. The molecule has 2 rings (SSSR count). The summed E-state index contributed by atoms with van der Waals surface area (Å²) in [5, 5.41) is 11.4. The van der Waals surface area contributed by atoms with Gasteiger partial charge in [-0.05, 0) is 35.7 Å². The van der Waals surface area contributed by atoms with Gasteiger partial charge in [-0.25, -0.2) is 0 Å². The van der Waals surface area contributed by atoms with Crippen LogP contribution in [0.4, 0.5) is 17.1 Å². The number of halogens is 1. The summed E-state index contributed by atoms with van der Waals surface area (Å²) in [5.74, 6) is 0. The zero-order valence-electron chi connectivity index (χ0n) is 12.0. The van der Waals surface area contributed by atoms with Gasteiger partial charge >= 0.3 is 0 Å². The van der Waals surface area contributed by atoms with E-state index in [-0.39, 0.29) is 10.6 Å². The second kappa shape index (κ2) is 6.72. The van der Waals surface area contributed by atoms with Crippen LogP contribution in [0, 0.1) is 10.1 Å². The van der Waals surface area contributed by atoms with E-state index in [9.17, 15) is 10.1 Å². The molecule has 2 aromatic rings. The van der Waals surface area contributed by atoms with Crippen molar-refractivity contribution in [3.8, 4) is 0 Å². The molecular formula is C16H17BrN2O2. The van der Waals surface area contributed by atoms with E-state index < -0.39 is 0 Å². The van der Waals surface area contributed by atoms with Gasteiger partial charge in [-0.2, -0.15) is 0 Å². The average molecular weight is 349 g/mol. The van der Waals surface area contributed by atoms with Crippen molar-refractivity contribution < 1.29 is 4.92 Å². The van der Waals surface area contributed by atoms with Crippen molar-refractivity contribution in [2.45, 2.75) is 18.7 Å². The van der Waals surface area contributed by atoms with Crippen LogP contribution < -0.4 is 4.90 Å². The van der Waals surface area contributed by atoms with Gasteiger partial charge in [-0.3, -0.25) is 10.1 Å². The summed E-state index contributed by atoms with van der Waals surface area (Å²) in [6.07, 6.45) is 1.01. The zero-order chi connectivity index (χ0) is 15.4. The fourth-order valence-corrected chi connectivity index (χ4v) is 2.66. The summed E-state index contributed by atoms with van der Waals surface area (Å²) >= 11 is 3.41. The highest BCUT2D eigenvalue weighted by atomic mass is 79.9. The van der Waals surface area contributed by atoms with Gasteiger partial charge in [0.25, 0.3) is 5.69 Å². The predicted molar refractivity (Wildman–Crippen MR) is 89.6 cm³/mol. The van der Waals surface area contributed by atoms with E-state index in [2.05, 4.69) is 47.1 Å². The number of nitrogens with zero attached hydrogens (tertiary/aromatic N) is 2. The first-order valence-corrected chi connectivity index (χ1v) is 7.85. The van der Waals surface area contributed by atoms with Crippen LogP contribution in [0.1, 0.15) is 18.1 Å². The molecular weight excluding hydrogens is 332 g/mol. The van der Waals surface area contributed by atoms with Gasteiger partial charge in [0.15, 0.2) is 0 Å². The standard InChI is InChI=1S/C16H17BrN2O2/c1-3-12-4-6-14(7-5-12)18(2)16-9-8-15(19(20)21)10-13(16)11-17/h4-10H,3,11H2,1-2H3. The molecule has 0 atom stereocenters. The summed E-state index contributed by atoms with van der Waals surface area (Å²) in [4.78, 5) is 12.5. The van der Waals surface area contributed by atoms with Gasteiger partial charge in [0.2, 0.25) is 0 Å². The third-order valence-electron chi connectivity index (χ3n) is 3.51. The molecule has 0 aromatic heterocycles. The Hall–Kier alpha value is -1.88. The van der Waals surface area contributed by atoms with E-state index in [1.54, 1.807) is 18.2 Å². The van der Waals surface area contributed by atoms with Crippen molar-refractivity contribution in [3.05, 3.63) is 63.7 Å². The fraction of sp³-hybridized carbons (Fsp3) is 0.250. The van der Waals surface area contributed by atoms with E-state index in [1.807, 2.05) is 11.9 Å². The molecule has 0 saturated heterocycles. The highest BCUT2D eigenvalue weighted by molar-refractivity contribution is 9.08. The van der Waals surface area contributed by atoms with E-state index >= 15 is 0 Å². The molecule has 0 bridgehead atoms. The maximum Gasteiger partial charge on any atom is 0.269 e. The molecule has 0 radical (unpaired) electrons. The summed E-state index contributed by atoms with van der Waals surface area (Å²) < 4.78 is 0. The Bertz CT molecular complexity index is 641. The van der Waals surface area contributed by atoms with Crippen LogP contribution in [0.2, 0.25) is 0 Å². The van der Waals surface area contributed by atoms with E-state index in [0.29, 0.717) is 5.33 Å². The van der Waals surface area contributed by atoms with Crippen LogP contribution in [0.25, 0.3) is 0 Å². The van der Waals surface area contributed by atoms with Gasteiger partial charge < -0.3 is 4.90 Å². The summed E-state index contributed by atoms with van der Waals surface area (Å²) in [7, 11) is 1.97. The van der Waals surface area contributed by atoms with Crippen molar-refractivity contribution in [2.24, 2.45) is 0 Å². The Balaban J connectivity index is 2.37. The van der Waals surface area contributed by atoms with Gasteiger partial charge in [-0.15, -0.1) is 0 Å². The van der Waals surface area contributed by atoms with Crippen LogP contribution >= 0.6 is 15.9 Å². The minimum Gasteiger partial charge on any atom is -0.344 e. The topological polar surface area (TPSA) is 46.4 Å². The van der Waals surface area contributed by atoms with Crippen LogP contribution in [0.5, 0.6) is 0 Å². The number of hydrogen-bond acceptors (Lipinski definition) is 3. The minimum absolute atomic E-state index is 0.114. The van der Waals surface area contributed by atoms with Gasteiger partial charge in [0.1, 0.15) is 0 Å². The average Bonchev–Trinajstić information content (AvgIpc) is 2.53. The number of benzene rings is 2. The van der Waals surface area contributed by atoms with E-state index in [4.69, 9.17) is 0 Å². The minimum atomic E-state index is -0.369. The van der Waals surface area contributed by atoms with Crippen LogP contribution in [0.3, 0.4) is 0 Å². The summed E-state index contributed by atoms with van der Waals surface area (Å²) in [6.45, 7) is 2.12. The molecule has 0 unspecified atom stereocenters. The second-order valence-electron chi connectivity index (χ2n) is 4.78. The van der Waals surface area contributed by atoms with Crippen LogP contribution in [-0.2, 0) is 11.8 Å². The Kier molecular flexibility index (Phi) is 4.96. The zero-order valence-corrected chi connectivity index (χ0v) is 13.6. The molecule has 21 heavy (non-hydrogen) atoms. The van der Waals surface area contributed by atoms with Crippen molar-refractivity contribution >= 4 is 33.0 Å². The van der Waals surface area contributed by atoms with Crippen molar-refractivity contribution in [1.82, 2.24) is 0 Å². The lowest BCUT2D eigenvalue weighted by Gasteiger charge is -2.22. The third kappa shape index (κ3) is 3.42. The number of alkyl halides is 1. The number of hydrogen-bond donors (Lipinski definition) is 0. The molecule has 0 saturated carbocycles. The lowest BCUT2D eigenvalue weighted by atomic mass is 10.1. The molecule has 4 nitrogen and oxygen atoms in total. The predicted octanol–water partition coefficient (Wildman–Crippen LogP) is 4.82. The van der Waals surface area contributed by atoms with Gasteiger partial charge in [-0.1, -0.05) is 35.0 Å². The largest absolute Gasteiger partial charge is 0.344 e. The molecule has 0 amide bonds. The molecule has 2 aromatic carbocycles. The smallest absolute Gasteiger partial charge is 0.269 e. The molecule has 0 fully saturated rings. The van der Waals surface area contributed by atoms with Gasteiger partial charge in [0.05, 0.1) is 4.92 Å². The molecule has 5 heteroatoms. The third-order valence-corrected chi connectivity index (χ3v) is 4.12. The number of anilines is 2. The molecule has 0 aliphatic rings. The van der Waals surface area contributed by atoms with Crippen LogP contribution in [-0.4, -0.2) is 12.0 Å². The number of nitro benzene ring substituents is 1. The SMILES string of the molecule is CCc1ccc(N(C)c2ccc([N+](=O)[O-])cc2CBr)cc1. The van der Waals surface area contributed by atoms with Crippen molar-refractivity contribution in [2.75, 3.05) is 11.9 Å². The Morgan fingerprint density at radius 3 is 2.38 bits per heavy atom. The molecule has 0 aliphatic carbocycles. The number of nitro groups is 1. The normalized spacial score (nSPS) is 10.4. The Morgan fingerprint density at radius 2 is 1.86 bits per heavy atom.